The van der Waals surface area contributed by atoms with Gasteiger partial charge in [0.1, 0.15) is 11.4 Å². The Morgan fingerprint density at radius 3 is 2.28 bits per heavy atom. The smallest absolute Gasteiger partial charge is 0.417 e. The number of unbranched alkanes of at least 4 members (excludes halogenated alkanes) is 7. The molecule has 0 bridgehead atoms. The highest BCUT2D eigenvalue weighted by Gasteiger charge is 2.54. The van der Waals surface area contributed by atoms with Crippen molar-refractivity contribution in [3.05, 3.63) is 59.9 Å². The number of allylic oxidation sites excluding steroid dienone is 2. The Hall–Kier alpha value is -2.93. The van der Waals surface area contributed by atoms with Gasteiger partial charge in [0.2, 0.25) is 5.91 Å². The molecule has 1 saturated heterocycles. The van der Waals surface area contributed by atoms with Crippen molar-refractivity contribution in [2.45, 2.75) is 103 Å². The predicted octanol–water partition coefficient (Wildman–Crippen LogP) is 6.15. The number of cyclic esters (lactones) is 1. The van der Waals surface area contributed by atoms with Crippen molar-refractivity contribution < 1.29 is 29.0 Å². The zero-order chi connectivity index (χ0) is 28.4. The first-order chi connectivity index (χ1) is 18.7. The van der Waals surface area contributed by atoms with E-state index in [0.717, 1.165) is 50.5 Å². The third kappa shape index (κ3) is 8.28. The van der Waals surface area contributed by atoms with Crippen LogP contribution in [0.3, 0.4) is 0 Å². The molecule has 1 N–H and O–H groups in total. The summed E-state index contributed by atoms with van der Waals surface area (Å²) < 4.78 is 11.8. The molecule has 7 nitrogen and oxygen atoms in total. The van der Waals surface area contributed by atoms with Crippen molar-refractivity contribution in [3.8, 4) is 0 Å². The lowest BCUT2D eigenvalue weighted by Crippen LogP contribution is -2.53. The minimum Gasteiger partial charge on any atom is -0.482 e. The summed E-state index contributed by atoms with van der Waals surface area (Å²) in [6.07, 6.45) is 12.0. The molecule has 2 amide bonds. The molecular weight excluding hydrogens is 494 g/mol. The zero-order valence-electron chi connectivity index (χ0n) is 23.9. The van der Waals surface area contributed by atoms with E-state index in [2.05, 4.69) is 0 Å². The monoisotopic (exact) mass is 539 g/mol. The number of carbonyl (C=O) groups is 3. The van der Waals surface area contributed by atoms with Crippen molar-refractivity contribution >= 4 is 17.8 Å². The molecule has 3 unspecified atom stereocenters. The summed E-state index contributed by atoms with van der Waals surface area (Å²) in [5.41, 5.74) is 0.0543. The topological polar surface area (TPSA) is 93.1 Å². The van der Waals surface area contributed by atoms with Gasteiger partial charge in [-0.2, -0.15) is 0 Å². The van der Waals surface area contributed by atoms with Gasteiger partial charge in [0.25, 0.3) is 0 Å². The summed E-state index contributed by atoms with van der Waals surface area (Å²) in [4.78, 5) is 41.3. The van der Waals surface area contributed by atoms with Gasteiger partial charge in [-0.15, -0.1) is 0 Å². The lowest BCUT2D eigenvalue weighted by Gasteiger charge is -2.35. The molecule has 0 spiro atoms. The number of imide groups is 1. The van der Waals surface area contributed by atoms with E-state index >= 15 is 0 Å². The first kappa shape index (κ1) is 30.6. The quantitative estimate of drug-likeness (QED) is 0.285. The molecule has 1 aromatic carbocycles. The lowest BCUT2D eigenvalue weighted by atomic mass is 9.85. The second-order valence-corrected chi connectivity index (χ2v) is 11.5. The maximum absolute atomic E-state index is 14.1. The van der Waals surface area contributed by atoms with Crippen molar-refractivity contribution in [3.63, 3.8) is 0 Å². The molecule has 3 rings (SSSR count). The second-order valence-electron chi connectivity index (χ2n) is 11.5. The van der Waals surface area contributed by atoms with Gasteiger partial charge in [-0.1, -0.05) is 76.3 Å². The van der Waals surface area contributed by atoms with E-state index in [1.165, 1.54) is 17.4 Å². The summed E-state index contributed by atoms with van der Waals surface area (Å²) in [6.45, 7) is 7.82. The molecule has 1 fully saturated rings. The van der Waals surface area contributed by atoms with Gasteiger partial charge in [-0.05, 0) is 69.2 Å². The summed E-state index contributed by atoms with van der Waals surface area (Å²) >= 11 is 0. The van der Waals surface area contributed by atoms with Crippen LogP contribution in [-0.4, -0.2) is 52.1 Å². The maximum atomic E-state index is 14.1. The number of benzene rings is 1. The average molecular weight is 540 g/mol. The van der Waals surface area contributed by atoms with E-state index in [9.17, 15) is 14.4 Å². The van der Waals surface area contributed by atoms with Crippen LogP contribution in [0.1, 0.15) is 84.6 Å². The highest BCUT2D eigenvalue weighted by Crippen LogP contribution is 2.37. The molecule has 2 heterocycles. The van der Waals surface area contributed by atoms with E-state index in [4.69, 9.17) is 14.6 Å². The maximum Gasteiger partial charge on any atom is 0.417 e. The predicted molar refractivity (Wildman–Crippen MR) is 151 cm³/mol. The number of hydrogen-bond acceptors (Lipinski definition) is 6. The summed E-state index contributed by atoms with van der Waals surface area (Å²) in [6, 6.07) is 9.05. The van der Waals surface area contributed by atoms with Crippen molar-refractivity contribution in [1.29, 1.82) is 0 Å². The van der Waals surface area contributed by atoms with Gasteiger partial charge in [-0.3, -0.25) is 9.59 Å². The normalized spacial score (nSPS) is 22.3. The first-order valence-electron chi connectivity index (χ1n) is 14.4. The molecule has 0 saturated carbocycles. The van der Waals surface area contributed by atoms with Gasteiger partial charge < -0.3 is 14.6 Å². The van der Waals surface area contributed by atoms with E-state index in [1.54, 1.807) is 6.08 Å². The molecule has 0 radical (unpaired) electrons. The summed E-state index contributed by atoms with van der Waals surface area (Å²) in [7, 11) is 0. The van der Waals surface area contributed by atoms with Crippen molar-refractivity contribution in [1.82, 2.24) is 4.90 Å². The first-order valence-corrected chi connectivity index (χ1v) is 14.4. The van der Waals surface area contributed by atoms with E-state index < -0.39 is 35.7 Å². The van der Waals surface area contributed by atoms with E-state index in [-0.39, 0.29) is 24.7 Å². The molecular formula is C32H45NO6. The number of nitrogens with zero attached hydrogens (tertiary/aromatic N) is 1. The van der Waals surface area contributed by atoms with Crippen molar-refractivity contribution in [2.24, 2.45) is 11.8 Å². The van der Waals surface area contributed by atoms with Crippen LogP contribution < -0.4 is 0 Å². The number of rotatable bonds is 14. The highest BCUT2D eigenvalue weighted by atomic mass is 16.6. The number of aliphatic hydroxyl groups excluding tert-OH is 1. The fourth-order valence-electron chi connectivity index (χ4n) is 5.74. The molecule has 2 aliphatic rings. The third-order valence-electron chi connectivity index (χ3n) is 7.55. The van der Waals surface area contributed by atoms with Crippen LogP contribution in [0.2, 0.25) is 0 Å². The molecule has 3 atom stereocenters. The van der Waals surface area contributed by atoms with Crippen LogP contribution in [0.5, 0.6) is 0 Å². The molecule has 39 heavy (non-hydrogen) atoms. The number of ether oxygens (including phenoxy) is 2. The minimum absolute atomic E-state index is 0.0271. The molecule has 0 aliphatic carbocycles. The van der Waals surface area contributed by atoms with Crippen molar-refractivity contribution in [2.75, 3.05) is 6.61 Å². The Balaban J connectivity index is 1.74. The Labute approximate surface area is 233 Å². The second kappa shape index (κ2) is 14.5. The molecule has 0 aromatic heterocycles. The van der Waals surface area contributed by atoms with Gasteiger partial charge in [-0.25, -0.2) is 9.69 Å². The number of carbonyl (C=O) groups excluding carboxylic acids is 3. The Kier molecular flexibility index (Phi) is 11.3. The van der Waals surface area contributed by atoms with Gasteiger partial charge >= 0.3 is 6.09 Å². The summed E-state index contributed by atoms with van der Waals surface area (Å²) in [5.74, 6) is -1.05. The number of amides is 2. The van der Waals surface area contributed by atoms with Crippen LogP contribution in [0, 0.1) is 11.8 Å². The van der Waals surface area contributed by atoms with E-state index in [0.29, 0.717) is 5.76 Å². The molecule has 1 aromatic rings. The minimum atomic E-state index is -1.02. The summed E-state index contributed by atoms with van der Waals surface area (Å²) in [5, 5.41) is 8.87. The van der Waals surface area contributed by atoms with E-state index in [1.807, 2.05) is 64.1 Å². The Morgan fingerprint density at radius 2 is 1.64 bits per heavy atom. The van der Waals surface area contributed by atoms with Crippen LogP contribution >= 0.6 is 0 Å². The third-order valence-corrected chi connectivity index (χ3v) is 7.55. The standard InChI is InChI=1S/C32H45NO6/c1-23(2)29-32(3,4)39-31(37)33(29)30(36)26(22-24-16-12-11-13-17-24)28-27(35)20-19-25(38-28)18-14-9-7-5-6-8-10-15-21-34/h11-13,16-20,23,26,28-29,34H,5-10,14-15,21-22H2,1-4H3. The van der Waals surface area contributed by atoms with Crippen LogP contribution in [0.25, 0.3) is 0 Å². The van der Waals surface area contributed by atoms with Crippen LogP contribution in [0.4, 0.5) is 4.79 Å². The molecule has 7 heteroatoms. The largest absolute Gasteiger partial charge is 0.482 e. The van der Waals surface area contributed by atoms with Crippen LogP contribution in [0.15, 0.2) is 54.3 Å². The Morgan fingerprint density at radius 1 is 1.00 bits per heavy atom. The average Bonchev–Trinajstić information content (AvgIpc) is 3.15. The number of ketones is 1. The molecule has 214 valence electrons. The number of hydrogen-bond donors (Lipinski definition) is 1. The van der Waals surface area contributed by atoms with Gasteiger partial charge in [0, 0.05) is 6.61 Å². The fraction of sp³-hybridized carbons (Fsp3) is 0.594. The number of aliphatic hydroxyl groups is 1. The zero-order valence-corrected chi connectivity index (χ0v) is 23.9. The van der Waals surface area contributed by atoms with Gasteiger partial charge in [0.05, 0.1) is 12.0 Å². The lowest BCUT2D eigenvalue weighted by molar-refractivity contribution is -0.144. The molecule has 2 aliphatic heterocycles. The fourth-order valence-corrected chi connectivity index (χ4v) is 5.74. The van der Waals surface area contributed by atoms with Gasteiger partial charge in [0.15, 0.2) is 11.9 Å². The SMILES string of the molecule is CC(C)C1N(C(=O)C(Cc2ccccc2)C2OC(=CCCCCCCCCCO)C=CC2=O)C(=O)OC1(C)C. The van der Waals surface area contributed by atoms with Crippen LogP contribution in [-0.2, 0) is 25.5 Å². The Bertz CT molecular complexity index is 1030. The highest BCUT2D eigenvalue weighted by molar-refractivity contribution is 6.02.